The number of benzene rings is 1. The number of nitrogens with zero attached hydrogens (tertiary/aromatic N) is 4. The number of aryl methyl sites for hydroxylation is 2. The van der Waals surface area contributed by atoms with Crippen LogP contribution in [0.2, 0.25) is 0 Å². The van der Waals surface area contributed by atoms with Crippen molar-refractivity contribution in [3.05, 3.63) is 65.4 Å². The van der Waals surface area contributed by atoms with E-state index >= 15 is 0 Å². The summed E-state index contributed by atoms with van der Waals surface area (Å²) in [7, 11) is 0. The second kappa shape index (κ2) is 6.66. The van der Waals surface area contributed by atoms with Crippen LogP contribution >= 0.6 is 0 Å². The SMILES string of the molecule is CCn1nccc1C(=O)Nc1cc(C)n(Cc2ccccc2F)n1. The zero-order valence-corrected chi connectivity index (χ0v) is 13.5. The van der Waals surface area contributed by atoms with E-state index in [2.05, 4.69) is 15.5 Å². The van der Waals surface area contributed by atoms with Gasteiger partial charge in [0.15, 0.2) is 5.82 Å². The van der Waals surface area contributed by atoms with Crippen LogP contribution in [0, 0.1) is 12.7 Å². The van der Waals surface area contributed by atoms with Crippen LogP contribution in [0.3, 0.4) is 0 Å². The number of hydrogen-bond acceptors (Lipinski definition) is 3. The highest BCUT2D eigenvalue weighted by Gasteiger charge is 2.14. The molecule has 0 aliphatic carbocycles. The van der Waals surface area contributed by atoms with Crippen LogP contribution in [0.15, 0.2) is 42.6 Å². The van der Waals surface area contributed by atoms with Gasteiger partial charge in [0.25, 0.3) is 5.91 Å². The minimum absolute atomic E-state index is 0.273. The van der Waals surface area contributed by atoms with Gasteiger partial charge in [-0.15, -0.1) is 0 Å². The Morgan fingerprint density at radius 2 is 2.04 bits per heavy atom. The maximum Gasteiger partial charge on any atom is 0.275 e. The number of halogens is 1. The minimum Gasteiger partial charge on any atom is -0.304 e. The topological polar surface area (TPSA) is 64.7 Å². The Labute approximate surface area is 138 Å². The summed E-state index contributed by atoms with van der Waals surface area (Å²) in [4.78, 5) is 12.3. The van der Waals surface area contributed by atoms with Crippen LogP contribution < -0.4 is 5.32 Å². The van der Waals surface area contributed by atoms with Gasteiger partial charge in [0.1, 0.15) is 11.5 Å². The number of hydrogen-bond donors (Lipinski definition) is 1. The predicted molar refractivity (Wildman–Crippen MR) is 88.3 cm³/mol. The Morgan fingerprint density at radius 1 is 1.25 bits per heavy atom. The van der Waals surface area contributed by atoms with E-state index in [4.69, 9.17) is 0 Å². The van der Waals surface area contributed by atoms with Crippen LogP contribution in [0.25, 0.3) is 0 Å². The molecule has 0 atom stereocenters. The molecule has 1 N–H and O–H groups in total. The molecule has 1 amide bonds. The monoisotopic (exact) mass is 327 g/mol. The molecule has 2 heterocycles. The third-order valence-electron chi connectivity index (χ3n) is 3.75. The number of carbonyl (C=O) groups excluding carboxylic acids is 1. The molecule has 0 spiro atoms. The van der Waals surface area contributed by atoms with E-state index in [0.717, 1.165) is 5.69 Å². The fraction of sp³-hybridized carbons (Fsp3) is 0.235. The van der Waals surface area contributed by atoms with Crippen LogP contribution in [0.4, 0.5) is 10.2 Å². The molecule has 1 aromatic carbocycles. The molecule has 0 unspecified atom stereocenters. The summed E-state index contributed by atoms with van der Waals surface area (Å²) in [6.07, 6.45) is 1.58. The van der Waals surface area contributed by atoms with Gasteiger partial charge in [0.2, 0.25) is 0 Å². The summed E-state index contributed by atoms with van der Waals surface area (Å²) in [5.74, 6) is -0.118. The summed E-state index contributed by atoms with van der Waals surface area (Å²) < 4.78 is 17.0. The van der Waals surface area contributed by atoms with E-state index < -0.39 is 0 Å². The normalized spacial score (nSPS) is 10.8. The Hall–Kier alpha value is -2.96. The van der Waals surface area contributed by atoms with Gasteiger partial charge in [-0.05, 0) is 26.0 Å². The van der Waals surface area contributed by atoms with Crippen LogP contribution in [-0.4, -0.2) is 25.5 Å². The maximum atomic E-state index is 13.8. The lowest BCUT2D eigenvalue weighted by molar-refractivity contribution is 0.101. The number of aromatic nitrogens is 4. The third kappa shape index (κ3) is 3.19. The van der Waals surface area contributed by atoms with Crippen molar-refractivity contribution in [3.63, 3.8) is 0 Å². The predicted octanol–water partition coefficient (Wildman–Crippen LogP) is 2.85. The van der Waals surface area contributed by atoms with Crippen LogP contribution in [0.1, 0.15) is 28.7 Å². The molecular weight excluding hydrogens is 309 g/mol. The highest BCUT2D eigenvalue weighted by atomic mass is 19.1. The largest absolute Gasteiger partial charge is 0.304 e. The fourth-order valence-corrected chi connectivity index (χ4v) is 2.48. The first-order chi connectivity index (χ1) is 11.6. The van der Waals surface area contributed by atoms with Gasteiger partial charge in [-0.3, -0.25) is 14.2 Å². The first-order valence-corrected chi connectivity index (χ1v) is 7.69. The van der Waals surface area contributed by atoms with Gasteiger partial charge in [-0.1, -0.05) is 18.2 Å². The summed E-state index contributed by atoms with van der Waals surface area (Å²) in [6, 6.07) is 9.98. The van der Waals surface area contributed by atoms with E-state index in [0.29, 0.717) is 30.2 Å². The highest BCUT2D eigenvalue weighted by molar-refractivity contribution is 6.02. The average Bonchev–Trinajstić information content (AvgIpc) is 3.16. The second-order valence-corrected chi connectivity index (χ2v) is 5.41. The molecule has 24 heavy (non-hydrogen) atoms. The van der Waals surface area contributed by atoms with Gasteiger partial charge < -0.3 is 5.32 Å². The van der Waals surface area contributed by atoms with Crippen molar-refractivity contribution in [1.82, 2.24) is 19.6 Å². The molecule has 2 aromatic heterocycles. The molecule has 124 valence electrons. The van der Waals surface area contributed by atoms with Crippen molar-refractivity contribution in [3.8, 4) is 0 Å². The first kappa shape index (κ1) is 15.9. The van der Waals surface area contributed by atoms with Crippen LogP contribution in [0.5, 0.6) is 0 Å². The summed E-state index contributed by atoms with van der Waals surface area (Å²) >= 11 is 0. The molecule has 0 saturated carbocycles. The molecule has 6 nitrogen and oxygen atoms in total. The summed E-state index contributed by atoms with van der Waals surface area (Å²) in [5, 5.41) is 11.2. The number of rotatable bonds is 5. The van der Waals surface area contributed by atoms with Gasteiger partial charge in [-0.25, -0.2) is 4.39 Å². The molecule has 0 fully saturated rings. The molecule has 0 radical (unpaired) electrons. The molecular formula is C17H18FN5O. The van der Waals surface area contributed by atoms with Gasteiger partial charge in [0.05, 0.1) is 6.54 Å². The smallest absolute Gasteiger partial charge is 0.275 e. The average molecular weight is 327 g/mol. The molecule has 0 bridgehead atoms. The van der Waals surface area contributed by atoms with Gasteiger partial charge >= 0.3 is 0 Å². The number of carbonyl (C=O) groups is 1. The summed E-state index contributed by atoms with van der Waals surface area (Å²) in [5.41, 5.74) is 1.85. The van der Waals surface area contributed by atoms with Crippen molar-refractivity contribution in [2.24, 2.45) is 0 Å². The lowest BCUT2D eigenvalue weighted by atomic mass is 10.2. The molecule has 0 saturated heterocycles. The van der Waals surface area contributed by atoms with Gasteiger partial charge in [-0.2, -0.15) is 10.2 Å². The first-order valence-electron chi connectivity index (χ1n) is 7.69. The zero-order chi connectivity index (χ0) is 17.1. The number of anilines is 1. The van der Waals surface area contributed by atoms with Crippen molar-refractivity contribution in [2.45, 2.75) is 26.9 Å². The fourth-order valence-electron chi connectivity index (χ4n) is 2.48. The maximum absolute atomic E-state index is 13.8. The van der Waals surface area contributed by atoms with Crippen molar-refractivity contribution in [2.75, 3.05) is 5.32 Å². The Morgan fingerprint density at radius 3 is 2.79 bits per heavy atom. The molecule has 0 aliphatic heterocycles. The third-order valence-corrected chi connectivity index (χ3v) is 3.75. The Bertz CT molecular complexity index is 868. The van der Waals surface area contributed by atoms with Crippen molar-refractivity contribution >= 4 is 11.7 Å². The Kier molecular flexibility index (Phi) is 4.41. The second-order valence-electron chi connectivity index (χ2n) is 5.41. The van der Waals surface area contributed by atoms with Crippen molar-refractivity contribution in [1.29, 1.82) is 0 Å². The quantitative estimate of drug-likeness (QED) is 0.784. The molecule has 3 aromatic rings. The van der Waals surface area contributed by atoms with E-state index in [1.807, 2.05) is 13.8 Å². The van der Waals surface area contributed by atoms with E-state index in [1.165, 1.54) is 6.07 Å². The molecule has 0 aliphatic rings. The lowest BCUT2D eigenvalue weighted by Gasteiger charge is -2.06. The molecule has 7 heteroatoms. The Balaban J connectivity index is 1.77. The zero-order valence-electron chi connectivity index (χ0n) is 13.5. The standard InChI is InChI=1S/C17H18FN5O/c1-3-22-15(8-9-19-22)17(24)20-16-10-12(2)23(21-16)11-13-6-4-5-7-14(13)18/h4-10H,3,11H2,1-2H3,(H,20,21,24). The van der Waals surface area contributed by atoms with Crippen molar-refractivity contribution < 1.29 is 9.18 Å². The lowest BCUT2D eigenvalue weighted by Crippen LogP contribution is -2.17. The minimum atomic E-state index is -0.273. The van der Waals surface area contributed by atoms with E-state index in [9.17, 15) is 9.18 Å². The number of nitrogens with one attached hydrogen (secondary N) is 1. The van der Waals surface area contributed by atoms with Gasteiger partial charge in [0, 0.05) is 30.1 Å². The van der Waals surface area contributed by atoms with Crippen LogP contribution in [-0.2, 0) is 13.1 Å². The highest BCUT2D eigenvalue weighted by Crippen LogP contribution is 2.14. The van der Waals surface area contributed by atoms with E-state index in [1.54, 1.807) is 45.9 Å². The number of amides is 1. The molecule has 3 rings (SSSR count). The summed E-state index contributed by atoms with van der Waals surface area (Å²) in [6.45, 7) is 4.69. The van der Waals surface area contributed by atoms with E-state index in [-0.39, 0.29) is 11.7 Å².